The second-order valence-electron chi connectivity index (χ2n) is 14.0. The minimum absolute atomic E-state index is 0.845. The summed E-state index contributed by atoms with van der Waals surface area (Å²) in [6.07, 6.45) is 0. The van der Waals surface area contributed by atoms with E-state index in [1.54, 1.807) is 0 Å². The fraction of sp³-hybridized carbons (Fsp3) is 0. The van der Waals surface area contributed by atoms with Gasteiger partial charge < -0.3 is 13.7 Å². The predicted molar refractivity (Wildman–Crippen MR) is 229 cm³/mol. The third kappa shape index (κ3) is 5.13. The molecule has 3 nitrogen and oxygen atoms in total. The van der Waals surface area contributed by atoms with E-state index >= 15 is 0 Å². The van der Waals surface area contributed by atoms with Crippen LogP contribution in [-0.4, -0.2) is 0 Å². The van der Waals surface area contributed by atoms with Gasteiger partial charge in [0.05, 0.1) is 11.1 Å². The summed E-state index contributed by atoms with van der Waals surface area (Å²) >= 11 is 0. The van der Waals surface area contributed by atoms with Crippen LogP contribution in [0.25, 0.3) is 88.0 Å². The molecule has 0 saturated heterocycles. The zero-order valence-corrected chi connectivity index (χ0v) is 29.8. The Morgan fingerprint density at radius 1 is 0.309 bits per heavy atom. The highest BCUT2D eigenvalue weighted by Crippen LogP contribution is 2.47. The Morgan fingerprint density at radius 2 is 0.855 bits per heavy atom. The molecule has 0 aliphatic rings. The highest BCUT2D eigenvalue weighted by molar-refractivity contribution is 6.24. The lowest BCUT2D eigenvalue weighted by Gasteiger charge is -2.26. The SMILES string of the molecule is c1ccc(-c2ccc(-c3ccc4c(c3)oc3c(-c5cc6c(oc7cccc(N(c8ccccc8)c8ccccc8)c76)c6ccccc56)cccc34)cc2)cc1. The van der Waals surface area contributed by atoms with E-state index in [0.717, 1.165) is 94.0 Å². The van der Waals surface area contributed by atoms with Crippen LogP contribution < -0.4 is 4.90 Å². The Labute approximate surface area is 317 Å². The van der Waals surface area contributed by atoms with Gasteiger partial charge in [-0.25, -0.2) is 0 Å². The second kappa shape index (κ2) is 12.6. The number of hydrogen-bond acceptors (Lipinski definition) is 3. The summed E-state index contributed by atoms with van der Waals surface area (Å²) in [5, 5.41) is 6.51. The van der Waals surface area contributed by atoms with E-state index in [9.17, 15) is 0 Å². The van der Waals surface area contributed by atoms with Crippen molar-refractivity contribution in [2.24, 2.45) is 0 Å². The Hall–Kier alpha value is -7.36. The van der Waals surface area contributed by atoms with Crippen LogP contribution in [0.2, 0.25) is 0 Å². The largest absolute Gasteiger partial charge is 0.455 e. The summed E-state index contributed by atoms with van der Waals surface area (Å²) in [7, 11) is 0. The topological polar surface area (TPSA) is 29.5 Å². The van der Waals surface area contributed by atoms with Crippen LogP contribution in [0.5, 0.6) is 0 Å². The van der Waals surface area contributed by atoms with Gasteiger partial charge in [-0.05, 0) is 87.8 Å². The first-order valence-electron chi connectivity index (χ1n) is 18.7. The lowest BCUT2D eigenvalue weighted by atomic mass is 9.93. The maximum atomic E-state index is 6.87. The number of benzene rings is 9. The molecule has 0 N–H and O–H groups in total. The van der Waals surface area contributed by atoms with Crippen LogP contribution in [0, 0.1) is 0 Å². The molecule has 0 aliphatic carbocycles. The van der Waals surface area contributed by atoms with Gasteiger partial charge >= 0.3 is 0 Å². The zero-order valence-electron chi connectivity index (χ0n) is 29.8. The van der Waals surface area contributed by atoms with Gasteiger partial charge in [0.25, 0.3) is 0 Å². The van der Waals surface area contributed by atoms with Crippen molar-refractivity contribution in [2.45, 2.75) is 0 Å². The van der Waals surface area contributed by atoms with Crippen LogP contribution in [0.15, 0.2) is 209 Å². The number of fused-ring (bicyclic) bond motifs is 8. The summed E-state index contributed by atoms with van der Waals surface area (Å²) in [6, 6.07) is 70.6. The molecule has 0 aliphatic heterocycles. The Bertz CT molecular complexity index is 3140. The molecule has 2 aromatic heterocycles. The third-order valence-corrected chi connectivity index (χ3v) is 10.9. The molecular formula is C52H33NO2. The molecule has 0 fully saturated rings. The Kier molecular flexibility index (Phi) is 7.17. The van der Waals surface area contributed by atoms with E-state index in [2.05, 4.69) is 205 Å². The van der Waals surface area contributed by atoms with Gasteiger partial charge in [-0.2, -0.15) is 0 Å². The van der Waals surface area contributed by atoms with E-state index in [0.29, 0.717) is 0 Å². The number of hydrogen-bond donors (Lipinski definition) is 0. The quantitative estimate of drug-likeness (QED) is 0.173. The number of furan rings is 2. The molecule has 2 heterocycles. The minimum Gasteiger partial charge on any atom is -0.455 e. The summed E-state index contributed by atoms with van der Waals surface area (Å²) in [5.41, 5.74) is 13.5. The van der Waals surface area contributed by atoms with Crippen molar-refractivity contribution in [3.63, 3.8) is 0 Å². The van der Waals surface area contributed by atoms with E-state index < -0.39 is 0 Å². The summed E-state index contributed by atoms with van der Waals surface area (Å²) < 4.78 is 13.7. The number of anilines is 3. The molecule has 0 spiro atoms. The minimum atomic E-state index is 0.845. The molecule has 55 heavy (non-hydrogen) atoms. The average Bonchev–Trinajstić information content (AvgIpc) is 3.83. The van der Waals surface area contributed by atoms with E-state index in [1.165, 1.54) is 11.1 Å². The van der Waals surface area contributed by atoms with Crippen molar-refractivity contribution >= 4 is 71.7 Å². The van der Waals surface area contributed by atoms with Gasteiger partial charge in [0.15, 0.2) is 0 Å². The molecular weight excluding hydrogens is 671 g/mol. The molecule has 0 unspecified atom stereocenters. The van der Waals surface area contributed by atoms with E-state index in [1.807, 2.05) is 0 Å². The summed E-state index contributed by atoms with van der Waals surface area (Å²) in [6.45, 7) is 0. The maximum absolute atomic E-state index is 6.87. The fourth-order valence-corrected chi connectivity index (χ4v) is 8.30. The molecule has 9 aromatic carbocycles. The van der Waals surface area contributed by atoms with Crippen molar-refractivity contribution in [2.75, 3.05) is 4.90 Å². The van der Waals surface area contributed by atoms with Gasteiger partial charge in [0, 0.05) is 38.5 Å². The molecule has 11 rings (SSSR count). The number of para-hydroxylation sites is 3. The summed E-state index contributed by atoms with van der Waals surface area (Å²) in [5.74, 6) is 0. The molecule has 0 radical (unpaired) electrons. The Morgan fingerprint density at radius 3 is 1.58 bits per heavy atom. The molecule has 3 heteroatoms. The average molecular weight is 704 g/mol. The van der Waals surface area contributed by atoms with Gasteiger partial charge in [-0.3, -0.25) is 0 Å². The highest BCUT2D eigenvalue weighted by atomic mass is 16.3. The zero-order chi connectivity index (χ0) is 36.3. The van der Waals surface area contributed by atoms with E-state index in [-0.39, 0.29) is 0 Å². The van der Waals surface area contributed by atoms with Gasteiger partial charge in [0.2, 0.25) is 0 Å². The number of nitrogens with zero attached hydrogens (tertiary/aromatic N) is 1. The molecule has 0 saturated carbocycles. The number of rotatable bonds is 6. The second-order valence-corrected chi connectivity index (χ2v) is 14.0. The first kappa shape index (κ1) is 31.2. The van der Waals surface area contributed by atoms with E-state index in [4.69, 9.17) is 8.83 Å². The lowest BCUT2D eigenvalue weighted by Crippen LogP contribution is -2.09. The Balaban J connectivity index is 1.11. The van der Waals surface area contributed by atoms with Gasteiger partial charge in [-0.15, -0.1) is 0 Å². The van der Waals surface area contributed by atoms with Crippen molar-refractivity contribution in [3.05, 3.63) is 200 Å². The first-order chi connectivity index (χ1) is 27.3. The lowest BCUT2D eigenvalue weighted by molar-refractivity contribution is 0.670. The third-order valence-electron chi connectivity index (χ3n) is 10.9. The smallest absolute Gasteiger partial charge is 0.143 e. The van der Waals surface area contributed by atoms with Crippen molar-refractivity contribution in [3.8, 4) is 33.4 Å². The summed E-state index contributed by atoms with van der Waals surface area (Å²) in [4.78, 5) is 2.32. The van der Waals surface area contributed by atoms with Crippen molar-refractivity contribution in [1.82, 2.24) is 0 Å². The van der Waals surface area contributed by atoms with Crippen LogP contribution in [0.4, 0.5) is 17.1 Å². The fourth-order valence-electron chi connectivity index (χ4n) is 8.30. The van der Waals surface area contributed by atoms with Crippen LogP contribution in [-0.2, 0) is 0 Å². The molecule has 0 amide bonds. The molecule has 11 aromatic rings. The highest BCUT2D eigenvalue weighted by Gasteiger charge is 2.23. The normalized spacial score (nSPS) is 11.6. The predicted octanol–water partition coefficient (Wildman–Crippen LogP) is 15.1. The van der Waals surface area contributed by atoms with Crippen molar-refractivity contribution < 1.29 is 8.83 Å². The maximum Gasteiger partial charge on any atom is 0.143 e. The monoisotopic (exact) mass is 703 g/mol. The van der Waals surface area contributed by atoms with Crippen LogP contribution in [0.3, 0.4) is 0 Å². The van der Waals surface area contributed by atoms with Crippen LogP contribution >= 0.6 is 0 Å². The van der Waals surface area contributed by atoms with Crippen LogP contribution in [0.1, 0.15) is 0 Å². The standard InChI is InChI=1S/C52H33NO2/c1-4-14-34(15-5-1)35-26-28-36(29-27-35)37-30-31-41-43-22-12-23-44(51(43)55-49(41)32-37)45-33-46-50-47(53(38-16-6-2-7-17-38)39-18-8-3-9-19-39)24-13-25-48(50)54-52(46)42-21-11-10-20-40(42)45/h1-33H. The van der Waals surface area contributed by atoms with Crippen molar-refractivity contribution in [1.29, 1.82) is 0 Å². The molecule has 258 valence electrons. The van der Waals surface area contributed by atoms with Gasteiger partial charge in [-0.1, -0.05) is 146 Å². The molecule has 0 bridgehead atoms. The first-order valence-corrected chi connectivity index (χ1v) is 18.7. The molecule has 0 atom stereocenters. The van der Waals surface area contributed by atoms with Gasteiger partial charge in [0.1, 0.15) is 22.3 Å².